The van der Waals surface area contributed by atoms with Crippen molar-refractivity contribution in [2.24, 2.45) is 0 Å². The first-order chi connectivity index (χ1) is 15.2. The van der Waals surface area contributed by atoms with Crippen molar-refractivity contribution >= 4 is 28.5 Å². The van der Waals surface area contributed by atoms with E-state index in [1.165, 1.54) is 30.5 Å². The Bertz CT molecular complexity index is 1120. The van der Waals surface area contributed by atoms with Gasteiger partial charge in [0, 0.05) is 18.9 Å². The number of alkyl halides is 3. The van der Waals surface area contributed by atoms with E-state index in [9.17, 15) is 23.1 Å². The minimum absolute atomic E-state index is 0.257. The summed E-state index contributed by atoms with van der Waals surface area (Å²) in [5, 5.41) is 13.5. The highest BCUT2D eigenvalue weighted by Crippen LogP contribution is 2.29. The van der Waals surface area contributed by atoms with Crippen molar-refractivity contribution in [1.29, 1.82) is 0 Å². The van der Waals surface area contributed by atoms with Crippen molar-refractivity contribution in [1.82, 2.24) is 14.9 Å². The van der Waals surface area contributed by atoms with Crippen molar-refractivity contribution in [2.45, 2.75) is 50.7 Å². The minimum Gasteiger partial charge on any atom is -0.406 e. The number of rotatable bonds is 5. The standard InChI is InChI=1S/C22H21ClF3N3O3/c23-16-9-10-27-19-15(21(31)28-17-3-1-2-4-18(17)30)12-29(20(16)19)11-13-5-7-14(8-6-13)32-22(24,25)26/h5-10,12,17-18,30H,1-4,11H2,(H,28,31)/t17-,18?/m0/s1. The number of amides is 1. The van der Waals surface area contributed by atoms with Gasteiger partial charge < -0.3 is 19.7 Å². The number of pyridine rings is 1. The molecule has 32 heavy (non-hydrogen) atoms. The molecule has 2 heterocycles. The number of aliphatic hydroxyl groups excluding tert-OH is 1. The van der Waals surface area contributed by atoms with Gasteiger partial charge in [0.15, 0.2) is 0 Å². The van der Waals surface area contributed by atoms with Crippen molar-refractivity contribution in [2.75, 3.05) is 0 Å². The van der Waals surface area contributed by atoms with Gasteiger partial charge in [-0.25, -0.2) is 0 Å². The molecule has 0 bridgehead atoms. The highest BCUT2D eigenvalue weighted by Gasteiger charge is 2.31. The van der Waals surface area contributed by atoms with Gasteiger partial charge in [-0.1, -0.05) is 36.6 Å². The number of benzene rings is 1. The van der Waals surface area contributed by atoms with Crippen molar-refractivity contribution in [3.8, 4) is 5.75 Å². The predicted molar refractivity (Wildman–Crippen MR) is 113 cm³/mol. The number of hydrogen-bond donors (Lipinski definition) is 2. The number of carbonyl (C=O) groups excluding carboxylic acids is 1. The van der Waals surface area contributed by atoms with Crippen LogP contribution in [-0.2, 0) is 6.54 Å². The molecule has 3 aromatic rings. The second-order valence-corrected chi connectivity index (χ2v) is 8.19. The van der Waals surface area contributed by atoms with Gasteiger partial charge in [-0.05, 0) is 36.6 Å². The highest BCUT2D eigenvalue weighted by molar-refractivity contribution is 6.35. The molecule has 1 fully saturated rings. The van der Waals surface area contributed by atoms with E-state index in [-0.39, 0.29) is 24.2 Å². The molecule has 0 aliphatic heterocycles. The maximum Gasteiger partial charge on any atom is 0.573 e. The zero-order valence-corrected chi connectivity index (χ0v) is 17.7. The Morgan fingerprint density at radius 3 is 2.62 bits per heavy atom. The second kappa shape index (κ2) is 8.99. The monoisotopic (exact) mass is 467 g/mol. The van der Waals surface area contributed by atoms with E-state index in [2.05, 4.69) is 15.0 Å². The Hall–Kier alpha value is -2.78. The summed E-state index contributed by atoms with van der Waals surface area (Å²) in [4.78, 5) is 17.3. The number of halogens is 4. The number of carbonyl (C=O) groups is 1. The fourth-order valence-electron chi connectivity index (χ4n) is 3.99. The molecule has 0 radical (unpaired) electrons. The molecule has 170 valence electrons. The van der Waals surface area contributed by atoms with Gasteiger partial charge in [-0.2, -0.15) is 0 Å². The molecule has 4 rings (SSSR count). The highest BCUT2D eigenvalue weighted by atomic mass is 35.5. The quantitative estimate of drug-likeness (QED) is 0.571. The van der Waals surface area contributed by atoms with Gasteiger partial charge in [0.25, 0.3) is 5.91 Å². The molecule has 0 saturated heterocycles. The van der Waals surface area contributed by atoms with Crippen LogP contribution in [0.15, 0.2) is 42.7 Å². The Morgan fingerprint density at radius 2 is 1.94 bits per heavy atom. The number of aromatic nitrogens is 2. The summed E-state index contributed by atoms with van der Waals surface area (Å²) in [6.45, 7) is 0.257. The molecule has 1 saturated carbocycles. The first-order valence-corrected chi connectivity index (χ1v) is 10.6. The first kappa shape index (κ1) is 22.4. The zero-order chi connectivity index (χ0) is 22.9. The normalized spacial score (nSPS) is 19.2. The summed E-state index contributed by atoms with van der Waals surface area (Å²) in [5.41, 5.74) is 1.96. The van der Waals surface area contributed by atoms with E-state index in [0.717, 1.165) is 12.8 Å². The summed E-state index contributed by atoms with van der Waals surface area (Å²) in [5.74, 6) is -0.673. The molecule has 2 aromatic heterocycles. The number of nitrogens with zero attached hydrogens (tertiary/aromatic N) is 2. The van der Waals surface area contributed by atoms with Gasteiger partial charge >= 0.3 is 6.36 Å². The van der Waals surface area contributed by atoms with Crippen molar-refractivity contribution in [3.05, 3.63) is 58.9 Å². The largest absolute Gasteiger partial charge is 0.573 e. The third-order valence-corrected chi connectivity index (χ3v) is 5.81. The average molecular weight is 468 g/mol. The smallest absolute Gasteiger partial charge is 0.406 e. The number of ether oxygens (including phenoxy) is 1. The fourth-order valence-corrected chi connectivity index (χ4v) is 4.25. The second-order valence-electron chi connectivity index (χ2n) is 7.78. The third kappa shape index (κ3) is 4.99. The number of hydrogen-bond acceptors (Lipinski definition) is 4. The average Bonchev–Trinajstić information content (AvgIpc) is 3.10. The van der Waals surface area contributed by atoms with Gasteiger partial charge in [0.05, 0.1) is 28.2 Å². The molecule has 6 nitrogen and oxygen atoms in total. The molecule has 1 amide bonds. The Labute approximate surface area is 187 Å². The SMILES string of the molecule is O=C(N[C@H]1CCCCC1O)c1cn(Cc2ccc(OC(F)(F)F)cc2)c2c(Cl)ccnc12. The van der Waals surface area contributed by atoms with E-state index < -0.39 is 12.5 Å². The van der Waals surface area contributed by atoms with Crippen LogP contribution >= 0.6 is 11.6 Å². The molecular weight excluding hydrogens is 447 g/mol. The first-order valence-electron chi connectivity index (χ1n) is 10.2. The zero-order valence-electron chi connectivity index (χ0n) is 16.9. The van der Waals surface area contributed by atoms with E-state index in [0.29, 0.717) is 40.0 Å². The Morgan fingerprint density at radius 1 is 1.22 bits per heavy atom. The van der Waals surface area contributed by atoms with E-state index in [1.807, 2.05) is 0 Å². The predicted octanol–water partition coefficient (Wildman–Crippen LogP) is 4.67. The molecule has 10 heteroatoms. The van der Waals surface area contributed by atoms with Crippen molar-refractivity contribution < 1.29 is 27.8 Å². The molecular formula is C22H21ClF3N3O3. The molecule has 1 aliphatic rings. The van der Waals surface area contributed by atoms with Crippen molar-refractivity contribution in [3.63, 3.8) is 0 Å². The van der Waals surface area contributed by atoms with Crippen LogP contribution in [0.4, 0.5) is 13.2 Å². The van der Waals surface area contributed by atoms with Gasteiger partial charge in [0.2, 0.25) is 0 Å². The summed E-state index contributed by atoms with van der Waals surface area (Å²) in [7, 11) is 0. The summed E-state index contributed by atoms with van der Waals surface area (Å²) >= 11 is 6.38. The van der Waals surface area contributed by atoms with Gasteiger partial charge in [0.1, 0.15) is 11.3 Å². The van der Waals surface area contributed by atoms with Crippen LogP contribution in [0.5, 0.6) is 5.75 Å². The summed E-state index contributed by atoms with van der Waals surface area (Å²) in [6, 6.07) is 6.76. The van der Waals surface area contributed by atoms with Crippen LogP contribution in [0.2, 0.25) is 5.02 Å². The molecule has 2 atom stereocenters. The topological polar surface area (TPSA) is 76.4 Å². The van der Waals surface area contributed by atoms with Gasteiger partial charge in [-0.3, -0.25) is 9.78 Å². The lowest BCUT2D eigenvalue weighted by molar-refractivity contribution is -0.274. The van der Waals surface area contributed by atoms with Crippen LogP contribution < -0.4 is 10.1 Å². The summed E-state index contributed by atoms with van der Waals surface area (Å²) < 4.78 is 42.8. The fraction of sp³-hybridized carbons (Fsp3) is 0.364. The number of nitrogens with one attached hydrogen (secondary N) is 1. The van der Waals surface area contributed by atoms with Crippen LogP contribution in [-0.4, -0.2) is 39.1 Å². The number of aliphatic hydroxyl groups is 1. The van der Waals surface area contributed by atoms with E-state index in [1.54, 1.807) is 16.8 Å². The van der Waals surface area contributed by atoms with E-state index in [4.69, 9.17) is 11.6 Å². The lowest BCUT2D eigenvalue weighted by Crippen LogP contribution is -2.45. The lowest BCUT2D eigenvalue weighted by atomic mass is 9.92. The Balaban J connectivity index is 1.60. The van der Waals surface area contributed by atoms with Crippen LogP contribution in [0.3, 0.4) is 0 Å². The molecule has 2 N–H and O–H groups in total. The lowest BCUT2D eigenvalue weighted by Gasteiger charge is -2.28. The molecule has 1 aliphatic carbocycles. The third-order valence-electron chi connectivity index (χ3n) is 5.50. The summed E-state index contributed by atoms with van der Waals surface area (Å²) in [6.07, 6.45) is 0.981. The molecule has 1 unspecified atom stereocenters. The van der Waals surface area contributed by atoms with Gasteiger partial charge in [-0.15, -0.1) is 13.2 Å². The minimum atomic E-state index is -4.76. The number of fused-ring (bicyclic) bond motifs is 1. The van der Waals surface area contributed by atoms with E-state index >= 15 is 0 Å². The van der Waals surface area contributed by atoms with Crippen LogP contribution in [0, 0.1) is 0 Å². The molecule has 0 spiro atoms. The van der Waals surface area contributed by atoms with Crippen LogP contribution in [0.1, 0.15) is 41.6 Å². The maximum absolute atomic E-state index is 13.0. The Kier molecular flexibility index (Phi) is 6.30. The van der Waals surface area contributed by atoms with Crippen LogP contribution in [0.25, 0.3) is 11.0 Å². The maximum atomic E-state index is 13.0. The molecule has 1 aromatic carbocycles.